The van der Waals surface area contributed by atoms with E-state index in [1.807, 2.05) is 0 Å². The smallest absolute Gasteiger partial charge is 0.550 e. The van der Waals surface area contributed by atoms with Crippen LogP contribution in [0.3, 0.4) is 0 Å². The minimum absolute atomic E-state index is 0. The fourth-order valence-electron chi connectivity index (χ4n) is 5.61. The van der Waals surface area contributed by atoms with Gasteiger partial charge < -0.3 is 29.3 Å². The van der Waals surface area contributed by atoms with Gasteiger partial charge in [0, 0.05) is 13.2 Å². The van der Waals surface area contributed by atoms with Crippen molar-refractivity contribution in [2.45, 2.75) is 219 Å². The van der Waals surface area contributed by atoms with Crippen molar-refractivity contribution in [2.75, 3.05) is 13.2 Å². The van der Waals surface area contributed by atoms with Crippen LogP contribution in [0.4, 0.5) is 9.59 Å². The quantitative estimate of drug-likeness (QED) is 0.0378. The largest absolute Gasteiger partial charge is 2.00 e. The molecule has 0 amide bonds. The Kier molecular flexibility index (Phi) is 48.9. The number of hydrogen-bond acceptors (Lipinski definition) is 6. The fourth-order valence-corrected chi connectivity index (χ4v) is 5.61. The zero-order chi connectivity index (χ0) is 32.6. The van der Waals surface area contributed by atoms with Gasteiger partial charge >= 0.3 is 19.5 Å². The number of ether oxygens (including phenoxy) is 2. The van der Waals surface area contributed by atoms with Gasteiger partial charge in [-0.2, -0.15) is 0 Å². The predicted octanol–water partition coefficient (Wildman–Crippen LogP) is 11.2. The molecule has 0 aliphatic rings. The molecule has 0 aliphatic heterocycles. The van der Waals surface area contributed by atoms with Crippen LogP contribution in [0.5, 0.6) is 0 Å². The van der Waals surface area contributed by atoms with Gasteiger partial charge in [0.1, 0.15) is 0 Å². The number of rotatable bonds is 34. The Bertz CT molecular complexity index is 512. The van der Waals surface area contributed by atoms with Gasteiger partial charge in [-0.05, 0) is 12.8 Å². The monoisotopic (exact) mass is 690 g/mol. The van der Waals surface area contributed by atoms with Gasteiger partial charge in [-0.3, -0.25) is 0 Å². The van der Waals surface area contributed by atoms with Crippen molar-refractivity contribution in [1.29, 1.82) is 0 Å². The Balaban J connectivity index is -0.000000767. The average Bonchev–Trinajstić information content (AvgIpc) is 3.00. The van der Waals surface area contributed by atoms with Crippen LogP contribution in [0.2, 0.25) is 0 Å². The Labute approximate surface area is 292 Å². The second kappa shape index (κ2) is 45.3. The first-order chi connectivity index (χ1) is 21.5. The average molecular weight is 692 g/mol. The molecule has 0 aliphatic carbocycles. The van der Waals surface area contributed by atoms with E-state index in [-0.39, 0.29) is 19.5 Å². The van der Waals surface area contributed by atoms with E-state index in [0.29, 0.717) is 13.2 Å². The van der Waals surface area contributed by atoms with Crippen molar-refractivity contribution >= 4 is 12.3 Å². The molecule has 0 bridgehead atoms. The van der Waals surface area contributed by atoms with E-state index in [1.54, 1.807) is 0 Å². The summed E-state index contributed by atoms with van der Waals surface area (Å²) in [6.07, 6.45) is 39.4. The maximum atomic E-state index is 10.0. The normalized spacial score (nSPS) is 10.5. The first kappa shape index (κ1) is 48.6. The molecule has 0 saturated heterocycles. The summed E-state index contributed by atoms with van der Waals surface area (Å²) < 4.78 is 8.73. The van der Waals surface area contributed by atoms with Gasteiger partial charge in [0.2, 0.25) is 0 Å². The van der Waals surface area contributed by atoms with E-state index in [9.17, 15) is 19.8 Å². The van der Waals surface area contributed by atoms with Gasteiger partial charge in [0.05, 0.1) is 0 Å². The number of carbonyl (C=O) groups excluding carboxylic acids is 2. The SMILES string of the molecule is CCCCCCCCCCCCCCCCCCOC(=O)[O-].CCCCCCCCCCCCCCCCCCOC(=O)[O-].[Zn+2]. The summed E-state index contributed by atoms with van der Waals surface area (Å²) in [7, 11) is 0. The van der Waals surface area contributed by atoms with Crippen molar-refractivity contribution < 1.29 is 48.8 Å². The van der Waals surface area contributed by atoms with E-state index < -0.39 is 12.3 Å². The molecule has 0 aromatic heterocycles. The zero-order valence-electron chi connectivity index (χ0n) is 30.2. The second-order valence-electron chi connectivity index (χ2n) is 12.8. The summed E-state index contributed by atoms with van der Waals surface area (Å²) in [6.45, 7) is 5.12. The Morgan fingerprint density at radius 2 is 0.489 bits per heavy atom. The molecule has 0 aromatic carbocycles. The molecule has 0 aromatic rings. The molecule has 45 heavy (non-hydrogen) atoms. The molecule has 0 radical (unpaired) electrons. The van der Waals surface area contributed by atoms with Crippen molar-refractivity contribution in [3.8, 4) is 0 Å². The van der Waals surface area contributed by atoms with E-state index >= 15 is 0 Å². The van der Waals surface area contributed by atoms with Crippen molar-refractivity contribution in [3.05, 3.63) is 0 Å². The van der Waals surface area contributed by atoms with Gasteiger partial charge in [-0.15, -0.1) is 0 Å². The van der Waals surface area contributed by atoms with Gasteiger partial charge in [0.25, 0.3) is 12.3 Å². The summed E-state index contributed by atoms with van der Waals surface area (Å²) in [5.74, 6) is 0. The summed E-state index contributed by atoms with van der Waals surface area (Å²) >= 11 is 0. The van der Waals surface area contributed by atoms with Crippen LogP contribution in [0, 0.1) is 0 Å². The van der Waals surface area contributed by atoms with Crippen LogP contribution in [0.1, 0.15) is 219 Å². The van der Waals surface area contributed by atoms with Crippen LogP contribution in [-0.4, -0.2) is 25.5 Å². The van der Waals surface area contributed by atoms with E-state index in [4.69, 9.17) is 0 Å². The Morgan fingerprint density at radius 1 is 0.333 bits per heavy atom. The molecule has 0 atom stereocenters. The Morgan fingerprint density at radius 3 is 0.644 bits per heavy atom. The molecule has 0 saturated carbocycles. The summed E-state index contributed by atoms with van der Waals surface area (Å²) in [4.78, 5) is 20.1. The first-order valence-corrected chi connectivity index (χ1v) is 19.2. The molecule has 264 valence electrons. The summed E-state index contributed by atoms with van der Waals surface area (Å²) in [5, 5.41) is 20.1. The zero-order valence-corrected chi connectivity index (χ0v) is 33.2. The van der Waals surface area contributed by atoms with Gasteiger partial charge in [-0.25, -0.2) is 0 Å². The third-order valence-corrected chi connectivity index (χ3v) is 8.44. The first-order valence-electron chi connectivity index (χ1n) is 19.2. The molecule has 0 spiro atoms. The van der Waals surface area contributed by atoms with Gasteiger partial charge in [0.15, 0.2) is 0 Å². The van der Waals surface area contributed by atoms with Crippen LogP contribution >= 0.6 is 0 Å². The number of hydrogen-bond donors (Lipinski definition) is 0. The molecule has 0 unspecified atom stereocenters. The van der Waals surface area contributed by atoms with Crippen molar-refractivity contribution in [3.63, 3.8) is 0 Å². The molecule has 0 fully saturated rings. The van der Waals surface area contributed by atoms with E-state index in [1.165, 1.54) is 180 Å². The molecular weight excluding hydrogens is 618 g/mol. The van der Waals surface area contributed by atoms with Crippen molar-refractivity contribution in [2.24, 2.45) is 0 Å². The summed E-state index contributed by atoms with van der Waals surface area (Å²) in [6, 6.07) is 0. The number of carbonyl (C=O) groups is 2. The molecule has 0 rings (SSSR count). The molecule has 6 nitrogen and oxygen atoms in total. The van der Waals surface area contributed by atoms with Crippen molar-refractivity contribution in [1.82, 2.24) is 0 Å². The van der Waals surface area contributed by atoms with Crippen LogP contribution < -0.4 is 10.2 Å². The minimum atomic E-state index is -1.40. The summed E-state index contributed by atoms with van der Waals surface area (Å²) in [5.41, 5.74) is 0. The maximum absolute atomic E-state index is 10.0. The molecule has 0 heterocycles. The van der Waals surface area contributed by atoms with E-state index in [0.717, 1.165) is 25.7 Å². The molecule has 7 heteroatoms. The topological polar surface area (TPSA) is 98.7 Å². The maximum Gasteiger partial charge on any atom is 2.00 e. The fraction of sp³-hybridized carbons (Fsp3) is 0.947. The third kappa shape index (κ3) is 53.0. The predicted molar refractivity (Wildman–Crippen MR) is 182 cm³/mol. The second-order valence-corrected chi connectivity index (χ2v) is 12.8. The Hall–Kier alpha value is -0.837. The van der Waals surface area contributed by atoms with Crippen LogP contribution in [-0.2, 0) is 29.0 Å². The standard InChI is InChI=1S/2C19H38O3.Zn/c2*1-2-3-4-5-6-7-8-9-10-11-12-13-14-15-16-17-18-22-19(20)21;/h2*2-18H2,1H3,(H,20,21);/q;;+2/p-2. The minimum Gasteiger partial charge on any atom is -0.550 e. The molecule has 0 N–H and O–H groups in total. The van der Waals surface area contributed by atoms with Crippen LogP contribution in [0.25, 0.3) is 0 Å². The number of carboxylic acid groups (broad SMARTS) is 2. The number of unbranched alkanes of at least 4 members (excludes halogenated alkanes) is 30. The third-order valence-electron chi connectivity index (χ3n) is 8.44. The van der Waals surface area contributed by atoms with Crippen LogP contribution in [0.15, 0.2) is 0 Å². The van der Waals surface area contributed by atoms with Gasteiger partial charge in [-0.1, -0.05) is 206 Å². The molecular formula is C38H74O6Zn. The van der Waals surface area contributed by atoms with E-state index in [2.05, 4.69) is 23.3 Å².